The molecular formula is C16H30N2O2. The molecule has 2 fully saturated rings. The molecule has 1 saturated heterocycles. The van der Waals surface area contributed by atoms with Crippen molar-refractivity contribution >= 4 is 5.91 Å². The molecular weight excluding hydrogens is 252 g/mol. The van der Waals surface area contributed by atoms with Crippen LogP contribution in [0.4, 0.5) is 0 Å². The average Bonchev–Trinajstić information content (AvgIpc) is 2.81. The van der Waals surface area contributed by atoms with E-state index in [0.29, 0.717) is 31.1 Å². The fourth-order valence-corrected chi connectivity index (χ4v) is 3.59. The van der Waals surface area contributed by atoms with E-state index in [1.165, 1.54) is 12.8 Å². The Bertz CT molecular complexity index is 303. The maximum Gasteiger partial charge on any atom is 0.222 e. The summed E-state index contributed by atoms with van der Waals surface area (Å²) in [5.41, 5.74) is 0. The lowest BCUT2D eigenvalue weighted by molar-refractivity contribution is -0.123. The predicted molar refractivity (Wildman–Crippen MR) is 80.6 cm³/mol. The Balaban J connectivity index is 1.60. The van der Waals surface area contributed by atoms with E-state index in [1.807, 2.05) is 0 Å². The second-order valence-electron chi connectivity index (χ2n) is 6.35. The summed E-state index contributed by atoms with van der Waals surface area (Å²) in [6.07, 6.45) is 6.61. The molecule has 4 nitrogen and oxygen atoms in total. The van der Waals surface area contributed by atoms with Gasteiger partial charge in [-0.3, -0.25) is 4.79 Å². The molecule has 3 atom stereocenters. The molecule has 1 saturated carbocycles. The Morgan fingerprint density at radius 3 is 2.65 bits per heavy atom. The summed E-state index contributed by atoms with van der Waals surface area (Å²) in [5.74, 6) is 1.56. The summed E-state index contributed by atoms with van der Waals surface area (Å²) >= 11 is 0. The number of carbonyl (C=O) groups excluding carboxylic acids is 1. The first kappa shape index (κ1) is 15.8. The summed E-state index contributed by atoms with van der Waals surface area (Å²) in [6.45, 7) is 7.16. The van der Waals surface area contributed by atoms with E-state index in [1.54, 1.807) is 0 Å². The first-order valence-corrected chi connectivity index (χ1v) is 8.32. The average molecular weight is 282 g/mol. The molecule has 0 radical (unpaired) electrons. The molecule has 2 aliphatic rings. The zero-order valence-corrected chi connectivity index (χ0v) is 13.0. The molecule has 1 amide bonds. The van der Waals surface area contributed by atoms with E-state index in [9.17, 15) is 4.79 Å². The molecule has 1 aliphatic carbocycles. The molecule has 2 N–H and O–H groups in total. The molecule has 3 unspecified atom stereocenters. The van der Waals surface area contributed by atoms with E-state index in [2.05, 4.69) is 24.5 Å². The van der Waals surface area contributed by atoms with Crippen LogP contribution in [0.5, 0.6) is 0 Å². The lowest BCUT2D eigenvalue weighted by Gasteiger charge is -2.23. The van der Waals surface area contributed by atoms with Gasteiger partial charge in [-0.1, -0.05) is 20.3 Å². The Labute approximate surface area is 123 Å². The quantitative estimate of drug-likeness (QED) is 0.784. The van der Waals surface area contributed by atoms with E-state index >= 15 is 0 Å². The van der Waals surface area contributed by atoms with Gasteiger partial charge < -0.3 is 15.4 Å². The third-order valence-corrected chi connectivity index (χ3v) is 5.07. The second kappa shape index (κ2) is 7.99. The van der Waals surface area contributed by atoms with Gasteiger partial charge in [0.2, 0.25) is 5.91 Å². The van der Waals surface area contributed by atoms with Crippen molar-refractivity contribution < 1.29 is 9.53 Å². The molecule has 20 heavy (non-hydrogen) atoms. The topological polar surface area (TPSA) is 50.4 Å². The van der Waals surface area contributed by atoms with Crippen LogP contribution in [0.25, 0.3) is 0 Å². The van der Waals surface area contributed by atoms with Crippen molar-refractivity contribution in [1.82, 2.24) is 10.6 Å². The van der Waals surface area contributed by atoms with Gasteiger partial charge >= 0.3 is 0 Å². The number of amides is 1. The van der Waals surface area contributed by atoms with E-state index in [-0.39, 0.29) is 5.91 Å². The number of carbonyl (C=O) groups is 1. The van der Waals surface area contributed by atoms with Crippen LogP contribution >= 0.6 is 0 Å². The Hall–Kier alpha value is -0.610. The molecule has 0 aromatic rings. The predicted octanol–water partition coefficient (Wildman–Crippen LogP) is 2.09. The van der Waals surface area contributed by atoms with E-state index in [0.717, 1.165) is 38.3 Å². The van der Waals surface area contributed by atoms with Crippen molar-refractivity contribution in [2.75, 3.05) is 19.7 Å². The lowest BCUT2D eigenvalue weighted by Crippen LogP contribution is -2.38. The third kappa shape index (κ3) is 4.45. The number of nitrogens with one attached hydrogen (secondary N) is 2. The van der Waals surface area contributed by atoms with E-state index in [4.69, 9.17) is 4.74 Å². The van der Waals surface area contributed by atoms with Crippen molar-refractivity contribution in [1.29, 1.82) is 0 Å². The highest BCUT2D eigenvalue weighted by Gasteiger charge is 2.32. The van der Waals surface area contributed by atoms with Crippen LogP contribution < -0.4 is 10.6 Å². The first-order chi connectivity index (χ1) is 9.70. The van der Waals surface area contributed by atoms with Gasteiger partial charge in [0.25, 0.3) is 0 Å². The van der Waals surface area contributed by atoms with Crippen molar-refractivity contribution in [2.24, 2.45) is 11.8 Å². The molecule has 1 aliphatic heterocycles. The maximum absolute atomic E-state index is 12.0. The standard InChI is InChI=1S/C16H30N2O2/c1-3-13-4-5-15(12(13)2)18-16(19)8-11-20-14-6-9-17-10-7-14/h12-15,17H,3-11H2,1-2H3,(H,18,19). The molecule has 1 heterocycles. The fraction of sp³-hybridized carbons (Fsp3) is 0.938. The fourth-order valence-electron chi connectivity index (χ4n) is 3.59. The summed E-state index contributed by atoms with van der Waals surface area (Å²) in [7, 11) is 0. The SMILES string of the molecule is CCC1CCC(NC(=O)CCOC2CCNCC2)C1C. The van der Waals surface area contributed by atoms with Crippen LogP contribution in [0, 0.1) is 11.8 Å². The summed E-state index contributed by atoms with van der Waals surface area (Å²) in [4.78, 5) is 12.0. The van der Waals surface area contributed by atoms with E-state index < -0.39 is 0 Å². The maximum atomic E-state index is 12.0. The smallest absolute Gasteiger partial charge is 0.222 e. The highest BCUT2D eigenvalue weighted by atomic mass is 16.5. The van der Waals surface area contributed by atoms with Crippen LogP contribution in [0.1, 0.15) is 52.4 Å². The van der Waals surface area contributed by atoms with Gasteiger partial charge in [0.1, 0.15) is 0 Å². The van der Waals surface area contributed by atoms with Gasteiger partial charge in [0.05, 0.1) is 12.7 Å². The zero-order chi connectivity index (χ0) is 14.4. The van der Waals surface area contributed by atoms with Gasteiger partial charge in [-0.15, -0.1) is 0 Å². The van der Waals surface area contributed by atoms with Crippen LogP contribution in [-0.4, -0.2) is 37.7 Å². The van der Waals surface area contributed by atoms with Crippen molar-refractivity contribution in [3.63, 3.8) is 0 Å². The van der Waals surface area contributed by atoms with Crippen molar-refractivity contribution in [2.45, 2.75) is 64.5 Å². The molecule has 0 aromatic heterocycles. The van der Waals surface area contributed by atoms with Gasteiger partial charge in [-0.25, -0.2) is 0 Å². The first-order valence-electron chi connectivity index (χ1n) is 8.32. The van der Waals surface area contributed by atoms with Gasteiger partial charge in [-0.05, 0) is 50.6 Å². The molecule has 116 valence electrons. The second-order valence-corrected chi connectivity index (χ2v) is 6.35. The van der Waals surface area contributed by atoms with Crippen LogP contribution in [0.15, 0.2) is 0 Å². The van der Waals surface area contributed by atoms with Crippen molar-refractivity contribution in [3.8, 4) is 0 Å². The zero-order valence-electron chi connectivity index (χ0n) is 13.0. The van der Waals surface area contributed by atoms with Crippen LogP contribution in [-0.2, 0) is 9.53 Å². The molecule has 0 spiro atoms. The minimum atomic E-state index is 0.160. The Morgan fingerprint density at radius 1 is 1.25 bits per heavy atom. The van der Waals surface area contributed by atoms with Crippen LogP contribution in [0.2, 0.25) is 0 Å². The Kier molecular flexibility index (Phi) is 6.30. The number of hydrogen-bond acceptors (Lipinski definition) is 3. The Morgan fingerprint density at radius 2 is 2.00 bits per heavy atom. The lowest BCUT2D eigenvalue weighted by atomic mass is 9.93. The third-order valence-electron chi connectivity index (χ3n) is 5.07. The number of rotatable bonds is 6. The van der Waals surface area contributed by atoms with Gasteiger partial charge in [0, 0.05) is 12.5 Å². The van der Waals surface area contributed by atoms with Gasteiger partial charge in [0.15, 0.2) is 0 Å². The normalized spacial score (nSPS) is 31.4. The minimum absolute atomic E-state index is 0.160. The highest BCUT2D eigenvalue weighted by Crippen LogP contribution is 2.33. The number of piperidine rings is 1. The van der Waals surface area contributed by atoms with Crippen molar-refractivity contribution in [3.05, 3.63) is 0 Å². The largest absolute Gasteiger partial charge is 0.378 e. The summed E-state index contributed by atoms with van der Waals surface area (Å²) in [5, 5.41) is 6.52. The monoisotopic (exact) mass is 282 g/mol. The molecule has 2 rings (SSSR count). The molecule has 0 bridgehead atoms. The summed E-state index contributed by atoms with van der Waals surface area (Å²) in [6, 6.07) is 0.381. The molecule has 4 heteroatoms. The van der Waals surface area contributed by atoms with Crippen LogP contribution in [0.3, 0.4) is 0 Å². The number of ether oxygens (including phenoxy) is 1. The molecule has 0 aromatic carbocycles. The van der Waals surface area contributed by atoms with Gasteiger partial charge in [-0.2, -0.15) is 0 Å². The minimum Gasteiger partial charge on any atom is -0.378 e. The number of hydrogen-bond donors (Lipinski definition) is 2. The highest BCUT2D eigenvalue weighted by molar-refractivity contribution is 5.76. The summed E-state index contributed by atoms with van der Waals surface area (Å²) < 4.78 is 5.79.